The molecule has 5 atom stereocenters. The van der Waals surface area contributed by atoms with E-state index in [1.807, 2.05) is 0 Å². The lowest BCUT2D eigenvalue weighted by Gasteiger charge is -2.21. The van der Waals surface area contributed by atoms with Crippen molar-refractivity contribution in [3.05, 3.63) is 0 Å². The number of aliphatic hydroxyl groups is 1. The molecule has 486 valence electrons. The number of ether oxygens (including phenoxy) is 4. The Hall–Kier alpha value is -1.94. The van der Waals surface area contributed by atoms with E-state index in [0.29, 0.717) is 25.7 Å². The quantitative estimate of drug-likeness (QED) is 0.0222. The monoisotopic (exact) mass is 1210 g/mol. The first kappa shape index (κ1) is 80.1. The lowest BCUT2D eigenvalue weighted by atomic mass is 10.0. The molecular weight excluding hydrogens is 1090 g/mol. The molecule has 17 nitrogen and oxygen atoms in total. The van der Waals surface area contributed by atoms with Gasteiger partial charge in [0.15, 0.2) is 12.2 Å². The Morgan fingerprint density at radius 3 is 0.720 bits per heavy atom. The van der Waals surface area contributed by atoms with Gasteiger partial charge in [-0.25, -0.2) is 9.13 Å². The molecule has 0 amide bonds. The second-order valence-corrected chi connectivity index (χ2v) is 25.7. The Kier molecular flexibility index (Phi) is 56.7. The van der Waals surface area contributed by atoms with Crippen LogP contribution in [0.25, 0.3) is 0 Å². The standard InChI is InChI=1S/C63H122O17P2/c1-5-9-13-17-20-23-26-28-30-32-35-38-42-46-50-63(68)80-59(54-74-61(66)48-44-40-36-34-31-29-27-24-21-18-14-10-6-2)56-78-82(71,72)76-52-57(64)51-75-81(69,70)77-55-58(53-73-60(65)47-43-39-16-12-8-4)79-62(67)49-45-41-37-33-25-22-19-15-11-7-3/h57-59,64H,5-56H2,1-4H3,(H,69,70)(H,71,72)/t57-,58+,59+/m0/s1. The van der Waals surface area contributed by atoms with Crippen LogP contribution in [0.5, 0.6) is 0 Å². The molecule has 82 heavy (non-hydrogen) atoms. The van der Waals surface area contributed by atoms with Gasteiger partial charge in [-0.1, -0.05) is 272 Å². The summed E-state index contributed by atoms with van der Waals surface area (Å²) in [6.07, 6.45) is 43.3. The van der Waals surface area contributed by atoms with Gasteiger partial charge in [0, 0.05) is 25.7 Å². The number of hydrogen-bond acceptors (Lipinski definition) is 15. The summed E-state index contributed by atoms with van der Waals surface area (Å²) in [6, 6.07) is 0. The zero-order valence-electron chi connectivity index (χ0n) is 52.5. The normalized spacial score (nSPS) is 14.2. The Morgan fingerprint density at radius 2 is 0.488 bits per heavy atom. The molecule has 0 bridgehead atoms. The van der Waals surface area contributed by atoms with Crippen LogP contribution in [-0.2, 0) is 65.4 Å². The number of phosphoric acid groups is 2. The number of unbranched alkanes of at least 4 members (excludes halogenated alkanes) is 38. The van der Waals surface area contributed by atoms with Gasteiger partial charge in [-0.05, 0) is 25.7 Å². The van der Waals surface area contributed by atoms with Gasteiger partial charge in [0.1, 0.15) is 19.3 Å². The lowest BCUT2D eigenvalue weighted by molar-refractivity contribution is -0.161. The first-order valence-corrected chi connectivity index (χ1v) is 36.3. The molecule has 0 heterocycles. The fourth-order valence-electron chi connectivity index (χ4n) is 9.46. The fourth-order valence-corrected chi connectivity index (χ4v) is 11.0. The molecule has 0 radical (unpaired) electrons. The minimum atomic E-state index is -4.94. The van der Waals surface area contributed by atoms with Crippen molar-refractivity contribution in [2.45, 2.75) is 341 Å². The molecule has 3 N–H and O–H groups in total. The topological polar surface area (TPSA) is 237 Å². The maximum absolute atomic E-state index is 13.0. The van der Waals surface area contributed by atoms with Crippen LogP contribution in [0.1, 0.15) is 323 Å². The summed E-state index contributed by atoms with van der Waals surface area (Å²) in [5.41, 5.74) is 0. The van der Waals surface area contributed by atoms with Crippen molar-refractivity contribution in [1.82, 2.24) is 0 Å². The molecule has 0 spiro atoms. The molecule has 2 unspecified atom stereocenters. The number of carbonyl (C=O) groups is 4. The minimum Gasteiger partial charge on any atom is -0.462 e. The Morgan fingerprint density at radius 1 is 0.293 bits per heavy atom. The van der Waals surface area contributed by atoms with E-state index in [1.54, 1.807) is 0 Å². The highest BCUT2D eigenvalue weighted by Crippen LogP contribution is 2.45. The zero-order valence-corrected chi connectivity index (χ0v) is 54.2. The summed E-state index contributed by atoms with van der Waals surface area (Å²) in [7, 11) is -9.87. The third kappa shape index (κ3) is 57.2. The van der Waals surface area contributed by atoms with Crippen LogP contribution >= 0.6 is 15.6 Å². The van der Waals surface area contributed by atoms with E-state index in [1.165, 1.54) is 148 Å². The van der Waals surface area contributed by atoms with Crippen LogP contribution in [0.2, 0.25) is 0 Å². The predicted molar refractivity (Wildman–Crippen MR) is 326 cm³/mol. The van der Waals surface area contributed by atoms with Crippen LogP contribution in [-0.4, -0.2) is 96.7 Å². The maximum atomic E-state index is 13.0. The molecule has 0 aliphatic heterocycles. The summed E-state index contributed by atoms with van der Waals surface area (Å²) in [5.74, 6) is -2.14. The summed E-state index contributed by atoms with van der Waals surface area (Å²) in [4.78, 5) is 71.9. The summed E-state index contributed by atoms with van der Waals surface area (Å²) in [6.45, 7) is 4.80. The first-order valence-electron chi connectivity index (χ1n) is 33.3. The molecule has 0 saturated carbocycles. The summed E-state index contributed by atoms with van der Waals surface area (Å²) >= 11 is 0. The molecular formula is C63H122O17P2. The van der Waals surface area contributed by atoms with E-state index >= 15 is 0 Å². The van der Waals surface area contributed by atoms with Gasteiger partial charge in [0.05, 0.1) is 26.4 Å². The molecule has 19 heteroatoms. The molecule has 0 rings (SSSR count). The number of phosphoric ester groups is 2. The van der Waals surface area contributed by atoms with E-state index in [2.05, 4.69) is 27.7 Å². The SMILES string of the molecule is CCCCCCCCCCCCCCCCC(=O)O[C@H](COC(=O)CCCCCCCCCCCCCCC)COP(=O)(O)OC[C@@H](O)COP(=O)(O)OC[C@@H](COC(=O)CCCCCCC)OC(=O)CCCCCCCCCCCC. The number of esters is 4. The summed E-state index contributed by atoms with van der Waals surface area (Å²) < 4.78 is 67.8. The van der Waals surface area contributed by atoms with Crippen molar-refractivity contribution in [2.75, 3.05) is 39.6 Å². The van der Waals surface area contributed by atoms with Crippen molar-refractivity contribution in [3.8, 4) is 0 Å². The Bertz CT molecular complexity index is 1590. The maximum Gasteiger partial charge on any atom is 0.472 e. The van der Waals surface area contributed by atoms with Crippen LogP contribution in [0, 0.1) is 0 Å². The molecule has 0 aromatic carbocycles. The highest BCUT2D eigenvalue weighted by Gasteiger charge is 2.30. The predicted octanol–water partition coefficient (Wildman–Crippen LogP) is 17.5. The van der Waals surface area contributed by atoms with Crippen LogP contribution < -0.4 is 0 Å². The second-order valence-electron chi connectivity index (χ2n) is 22.8. The van der Waals surface area contributed by atoms with Crippen molar-refractivity contribution < 1.29 is 80.2 Å². The smallest absolute Gasteiger partial charge is 0.462 e. The van der Waals surface area contributed by atoms with Crippen LogP contribution in [0.3, 0.4) is 0 Å². The van der Waals surface area contributed by atoms with Gasteiger partial charge >= 0.3 is 39.5 Å². The molecule has 0 aliphatic carbocycles. The lowest BCUT2D eigenvalue weighted by Crippen LogP contribution is -2.30. The molecule has 0 aromatic rings. The van der Waals surface area contributed by atoms with Crippen LogP contribution in [0.4, 0.5) is 0 Å². The molecule has 0 fully saturated rings. The number of carbonyl (C=O) groups excluding carboxylic acids is 4. The molecule has 0 aromatic heterocycles. The largest absolute Gasteiger partial charge is 0.472 e. The van der Waals surface area contributed by atoms with Crippen molar-refractivity contribution in [1.29, 1.82) is 0 Å². The van der Waals surface area contributed by atoms with Crippen molar-refractivity contribution in [3.63, 3.8) is 0 Å². The average Bonchev–Trinajstić information content (AvgIpc) is 3.47. The van der Waals surface area contributed by atoms with Gasteiger partial charge in [0.25, 0.3) is 0 Å². The van der Waals surface area contributed by atoms with Gasteiger partial charge < -0.3 is 33.8 Å². The van der Waals surface area contributed by atoms with Gasteiger partial charge in [-0.3, -0.25) is 37.3 Å². The van der Waals surface area contributed by atoms with Gasteiger partial charge in [0.2, 0.25) is 0 Å². The van der Waals surface area contributed by atoms with E-state index in [4.69, 9.17) is 37.0 Å². The van der Waals surface area contributed by atoms with Crippen molar-refractivity contribution >= 4 is 39.5 Å². The van der Waals surface area contributed by atoms with Crippen LogP contribution in [0.15, 0.2) is 0 Å². The van der Waals surface area contributed by atoms with Gasteiger partial charge in [-0.2, -0.15) is 0 Å². The Labute approximate surface area is 498 Å². The van der Waals surface area contributed by atoms with E-state index in [0.717, 1.165) is 96.3 Å². The third-order valence-electron chi connectivity index (χ3n) is 14.6. The minimum absolute atomic E-state index is 0.106. The fraction of sp³-hybridized carbons (Fsp3) is 0.937. The number of rotatable bonds is 64. The highest BCUT2D eigenvalue weighted by molar-refractivity contribution is 7.47. The van der Waals surface area contributed by atoms with Crippen molar-refractivity contribution in [2.24, 2.45) is 0 Å². The molecule has 0 saturated heterocycles. The average molecular weight is 1210 g/mol. The molecule has 0 aliphatic rings. The van der Waals surface area contributed by atoms with E-state index < -0.39 is 97.5 Å². The first-order chi connectivity index (χ1) is 39.7. The number of hydrogen-bond donors (Lipinski definition) is 3. The second kappa shape index (κ2) is 58.1. The third-order valence-corrected chi connectivity index (χ3v) is 16.5. The highest BCUT2D eigenvalue weighted by atomic mass is 31.2. The summed E-state index contributed by atoms with van der Waals surface area (Å²) in [5, 5.41) is 10.5. The zero-order chi connectivity index (χ0) is 60.5. The van der Waals surface area contributed by atoms with E-state index in [-0.39, 0.29) is 25.7 Å². The number of aliphatic hydroxyl groups excluding tert-OH is 1. The van der Waals surface area contributed by atoms with E-state index in [9.17, 15) is 43.2 Å². The van der Waals surface area contributed by atoms with Gasteiger partial charge in [-0.15, -0.1) is 0 Å². The Balaban J connectivity index is 5.17.